The minimum atomic E-state index is -4.03. The van der Waals surface area contributed by atoms with E-state index in [9.17, 15) is 13.0 Å². The summed E-state index contributed by atoms with van der Waals surface area (Å²) in [7, 11) is -4.12. The summed E-state index contributed by atoms with van der Waals surface area (Å²) in [5, 5.41) is 0. The van der Waals surface area contributed by atoms with Crippen molar-refractivity contribution >= 4 is 39.7 Å². The molecule has 1 N–H and O–H groups in total. The van der Waals surface area contributed by atoms with E-state index in [1.165, 1.54) is 21.6 Å². The Hall–Kier alpha value is 0.0200. The summed E-state index contributed by atoms with van der Waals surface area (Å²) in [6.45, 7) is 3.83. The maximum Gasteiger partial charge on any atom is 0.298 e. The largest absolute Gasteiger partial charge is 0.345 e. The zero-order chi connectivity index (χ0) is 15.2. The van der Waals surface area contributed by atoms with E-state index in [2.05, 4.69) is 4.18 Å². The van der Waals surface area contributed by atoms with E-state index in [1.807, 2.05) is 13.8 Å². The average Bonchev–Trinajstić information content (AvgIpc) is 2.42. The van der Waals surface area contributed by atoms with Crippen molar-refractivity contribution < 1.29 is 22.1 Å². The van der Waals surface area contributed by atoms with E-state index < -0.39 is 24.5 Å². The predicted molar refractivity (Wildman–Crippen MR) is 84.2 cm³/mol. The van der Waals surface area contributed by atoms with Gasteiger partial charge in [0.05, 0.1) is 0 Å². The number of hydrogen-bond donors (Lipinski definition) is 1. The van der Waals surface area contributed by atoms with Crippen LogP contribution in [-0.4, -0.2) is 25.4 Å². The smallest absolute Gasteiger partial charge is 0.298 e. The van der Waals surface area contributed by atoms with Crippen LogP contribution < -0.4 is 0 Å². The molecule has 0 spiro atoms. The maximum absolute atomic E-state index is 12.2. The molecule has 0 radical (unpaired) electrons. The van der Waals surface area contributed by atoms with Crippen molar-refractivity contribution in [1.82, 2.24) is 0 Å². The second kappa shape index (κ2) is 8.46. The van der Waals surface area contributed by atoms with E-state index in [1.54, 1.807) is 18.2 Å². The van der Waals surface area contributed by atoms with E-state index in [0.717, 1.165) is 5.75 Å². The summed E-state index contributed by atoms with van der Waals surface area (Å²) in [4.78, 5) is 9.45. The summed E-state index contributed by atoms with van der Waals surface area (Å²) in [5.41, 5.74) is 0.643. The number of rotatable bonds is 8. The van der Waals surface area contributed by atoms with Crippen molar-refractivity contribution in [2.24, 2.45) is 0 Å². The van der Waals surface area contributed by atoms with Gasteiger partial charge in [-0.25, -0.2) is 0 Å². The summed E-state index contributed by atoms with van der Waals surface area (Å²) >= 11 is 0. The molecule has 1 aromatic rings. The molecular formula is C11H17O5PS3. The van der Waals surface area contributed by atoms with Gasteiger partial charge in [0, 0.05) is 10.6 Å². The molecule has 0 aliphatic heterocycles. The molecular weight excluding hydrogens is 339 g/mol. The molecule has 0 saturated carbocycles. The van der Waals surface area contributed by atoms with Crippen molar-refractivity contribution in [2.45, 2.75) is 30.1 Å². The Kier molecular flexibility index (Phi) is 7.64. The van der Waals surface area contributed by atoms with E-state index >= 15 is 0 Å². The fourth-order valence-electron chi connectivity index (χ4n) is 1.50. The van der Waals surface area contributed by atoms with Crippen molar-refractivity contribution in [1.29, 1.82) is 0 Å². The van der Waals surface area contributed by atoms with Gasteiger partial charge < -0.3 is 4.89 Å². The van der Waals surface area contributed by atoms with Crippen molar-refractivity contribution in [3.63, 3.8) is 0 Å². The first-order chi connectivity index (χ1) is 9.42. The fourth-order valence-corrected chi connectivity index (χ4v) is 5.81. The Bertz CT molecular complexity index is 573. The number of aryl methyl sites for hydroxylation is 1. The average molecular weight is 356 g/mol. The molecule has 0 aliphatic rings. The Balaban J connectivity index is 3.21. The molecule has 5 nitrogen and oxygen atoms in total. The van der Waals surface area contributed by atoms with Gasteiger partial charge in [0.25, 0.3) is 10.1 Å². The van der Waals surface area contributed by atoms with Gasteiger partial charge in [-0.3, -0.25) is 8.75 Å². The molecule has 1 aromatic carbocycles. The summed E-state index contributed by atoms with van der Waals surface area (Å²) in [6.07, 6.45) is -0.145. The first-order valence-corrected chi connectivity index (χ1v) is 11.2. The van der Waals surface area contributed by atoms with Gasteiger partial charge in [-0.1, -0.05) is 47.6 Å². The summed E-state index contributed by atoms with van der Waals surface area (Å²) < 4.78 is 39.8. The minimum Gasteiger partial charge on any atom is -0.345 e. The summed E-state index contributed by atoms with van der Waals surface area (Å²) in [5.74, 6) is 0.839. The SMILES string of the molecule is CCSSc1cccc(CC)c1S(=O)(=O)OC[PH](=O)O. The molecule has 0 heterocycles. The normalized spacial score (nSPS) is 13.3. The van der Waals surface area contributed by atoms with Crippen LogP contribution in [0.5, 0.6) is 0 Å². The lowest BCUT2D eigenvalue weighted by atomic mass is 10.2. The second-order valence-corrected chi connectivity index (χ2v) is 8.95. The van der Waals surface area contributed by atoms with Crippen LogP contribution >= 0.6 is 29.6 Å². The fraction of sp³-hybridized carbons (Fsp3) is 0.455. The van der Waals surface area contributed by atoms with Crippen molar-refractivity contribution in [3.8, 4) is 0 Å². The third kappa shape index (κ3) is 5.09. The van der Waals surface area contributed by atoms with Gasteiger partial charge >= 0.3 is 0 Å². The van der Waals surface area contributed by atoms with Crippen LogP contribution in [0.2, 0.25) is 0 Å². The van der Waals surface area contributed by atoms with Crippen molar-refractivity contribution in [3.05, 3.63) is 23.8 Å². The molecule has 0 aromatic heterocycles. The standard InChI is InChI=1S/C11H17O5PS3/c1-3-9-6-5-7-10(19-18-4-2)11(9)20(14,15)16-8-17(12)13/h5-7,17H,3-4,8H2,1-2H3,(H,12,13). The van der Waals surface area contributed by atoms with Crippen LogP contribution in [0, 0.1) is 0 Å². The zero-order valence-corrected chi connectivity index (χ0v) is 14.6. The first kappa shape index (κ1) is 18.1. The van der Waals surface area contributed by atoms with Crippen LogP contribution in [-0.2, 0) is 25.3 Å². The Morgan fingerprint density at radius 3 is 2.60 bits per heavy atom. The quantitative estimate of drug-likeness (QED) is 0.435. The van der Waals surface area contributed by atoms with Crippen LogP contribution in [0.3, 0.4) is 0 Å². The molecule has 0 aliphatic carbocycles. The molecule has 0 amide bonds. The van der Waals surface area contributed by atoms with Gasteiger partial charge in [-0.05, 0) is 18.1 Å². The summed E-state index contributed by atoms with van der Waals surface area (Å²) in [6, 6.07) is 5.23. The third-order valence-corrected chi connectivity index (χ3v) is 6.91. The number of benzene rings is 1. The molecule has 114 valence electrons. The Morgan fingerprint density at radius 2 is 2.05 bits per heavy atom. The lowest BCUT2D eigenvalue weighted by Crippen LogP contribution is -2.10. The highest BCUT2D eigenvalue weighted by molar-refractivity contribution is 8.76. The zero-order valence-electron chi connectivity index (χ0n) is 11.2. The topological polar surface area (TPSA) is 80.7 Å². The molecule has 0 fully saturated rings. The predicted octanol–water partition coefficient (Wildman–Crippen LogP) is 3.14. The van der Waals surface area contributed by atoms with Gasteiger partial charge in [-0.2, -0.15) is 8.42 Å². The first-order valence-electron chi connectivity index (χ1n) is 5.95. The molecule has 0 bridgehead atoms. The van der Waals surface area contributed by atoms with Gasteiger partial charge in [0.2, 0.25) is 8.03 Å². The molecule has 1 atom stereocenters. The van der Waals surface area contributed by atoms with E-state index in [4.69, 9.17) is 4.89 Å². The highest BCUT2D eigenvalue weighted by Crippen LogP contribution is 2.38. The van der Waals surface area contributed by atoms with Gasteiger partial charge in [0.15, 0.2) is 0 Å². The monoisotopic (exact) mass is 356 g/mol. The van der Waals surface area contributed by atoms with Gasteiger partial charge in [-0.15, -0.1) is 0 Å². The Labute approximate surface area is 127 Å². The third-order valence-electron chi connectivity index (χ3n) is 2.30. The molecule has 9 heteroatoms. The minimum absolute atomic E-state index is 0.108. The molecule has 0 saturated heterocycles. The van der Waals surface area contributed by atoms with Crippen LogP contribution in [0.25, 0.3) is 0 Å². The highest BCUT2D eigenvalue weighted by atomic mass is 33.1. The van der Waals surface area contributed by atoms with Crippen molar-refractivity contribution in [2.75, 3.05) is 12.1 Å². The number of hydrogen-bond acceptors (Lipinski definition) is 6. The van der Waals surface area contributed by atoms with E-state index in [-0.39, 0.29) is 4.90 Å². The van der Waals surface area contributed by atoms with Crippen LogP contribution in [0.15, 0.2) is 28.0 Å². The molecule has 20 heavy (non-hydrogen) atoms. The highest BCUT2D eigenvalue weighted by Gasteiger charge is 2.24. The molecule has 1 rings (SSSR count). The van der Waals surface area contributed by atoms with Crippen LogP contribution in [0.4, 0.5) is 0 Å². The Morgan fingerprint density at radius 1 is 1.35 bits per heavy atom. The lowest BCUT2D eigenvalue weighted by molar-refractivity contribution is 0.354. The molecule has 1 unspecified atom stereocenters. The van der Waals surface area contributed by atoms with E-state index in [0.29, 0.717) is 16.9 Å². The maximum atomic E-state index is 12.2. The van der Waals surface area contributed by atoms with Gasteiger partial charge in [0.1, 0.15) is 11.2 Å². The second-order valence-electron chi connectivity index (χ2n) is 3.70. The van der Waals surface area contributed by atoms with Crippen LogP contribution in [0.1, 0.15) is 19.4 Å². The lowest BCUT2D eigenvalue weighted by Gasteiger charge is -2.13.